The fourth-order valence-corrected chi connectivity index (χ4v) is 2.24. The Bertz CT molecular complexity index is 712. The van der Waals surface area contributed by atoms with Crippen molar-refractivity contribution >= 4 is 22.5 Å². The number of carbonyl (C=O) groups excluding carboxylic acids is 2. The lowest BCUT2D eigenvalue weighted by Crippen LogP contribution is -2.21. The molecule has 1 aromatic carbocycles. The van der Waals surface area contributed by atoms with Crippen molar-refractivity contribution < 1.29 is 19.2 Å². The second-order valence-electron chi connectivity index (χ2n) is 4.13. The summed E-state index contributed by atoms with van der Waals surface area (Å²) in [7, 11) is 1.49. The van der Waals surface area contributed by atoms with Gasteiger partial charge in [0.1, 0.15) is 5.69 Å². The molecule has 96 valence electrons. The van der Waals surface area contributed by atoms with Crippen molar-refractivity contribution in [1.82, 2.24) is 4.73 Å². The van der Waals surface area contributed by atoms with Crippen LogP contribution < -0.4 is 4.84 Å². The van der Waals surface area contributed by atoms with E-state index in [2.05, 4.69) is 0 Å². The van der Waals surface area contributed by atoms with Gasteiger partial charge in [-0.3, -0.25) is 9.59 Å². The molecule has 0 saturated carbocycles. The molecular formula is C14H11NO4. The Kier molecular flexibility index (Phi) is 2.68. The first-order valence-electron chi connectivity index (χ1n) is 5.76. The highest BCUT2D eigenvalue weighted by Gasteiger charge is 2.28. The minimum Gasteiger partial charge on any atom is -0.384 e. The van der Waals surface area contributed by atoms with Crippen molar-refractivity contribution in [2.75, 3.05) is 13.9 Å². The number of methoxy groups -OCH3 is 1. The van der Waals surface area contributed by atoms with Gasteiger partial charge in [0, 0.05) is 12.5 Å². The number of aromatic nitrogens is 1. The molecule has 5 heteroatoms. The van der Waals surface area contributed by atoms with Crippen molar-refractivity contribution in [3.63, 3.8) is 0 Å². The number of ketones is 2. The molecule has 0 bridgehead atoms. The molecule has 2 aromatic rings. The Balaban J connectivity index is 2.33. The number of fused-ring (bicyclic) bond motifs is 3. The van der Waals surface area contributed by atoms with Gasteiger partial charge in [0.2, 0.25) is 12.6 Å². The van der Waals surface area contributed by atoms with Gasteiger partial charge in [-0.25, -0.2) is 0 Å². The summed E-state index contributed by atoms with van der Waals surface area (Å²) in [6.45, 7) is -0.00367. The number of para-hydroxylation sites is 1. The molecule has 0 N–H and O–H groups in total. The average Bonchev–Trinajstić information content (AvgIpc) is 2.76. The summed E-state index contributed by atoms with van der Waals surface area (Å²) in [6.07, 6.45) is 2.55. The van der Waals surface area contributed by atoms with Crippen molar-refractivity contribution in [3.05, 3.63) is 47.7 Å². The van der Waals surface area contributed by atoms with Gasteiger partial charge < -0.3 is 9.57 Å². The topological polar surface area (TPSA) is 57.5 Å². The predicted molar refractivity (Wildman–Crippen MR) is 68.2 cm³/mol. The predicted octanol–water partition coefficient (Wildman–Crippen LogP) is 1.61. The molecule has 1 aliphatic rings. The van der Waals surface area contributed by atoms with Crippen LogP contribution in [0.25, 0.3) is 10.9 Å². The van der Waals surface area contributed by atoms with E-state index in [1.807, 2.05) is 12.1 Å². The maximum absolute atomic E-state index is 12.0. The molecule has 0 spiro atoms. The summed E-state index contributed by atoms with van der Waals surface area (Å²) in [5.41, 5.74) is 1.32. The van der Waals surface area contributed by atoms with Gasteiger partial charge in [-0.15, -0.1) is 0 Å². The van der Waals surface area contributed by atoms with Gasteiger partial charge in [0.25, 0.3) is 0 Å². The SMILES string of the molecule is COCOn1c2c(c3ccccc31)C(=O)C=CC2=O. The number of rotatable bonds is 3. The Labute approximate surface area is 109 Å². The number of allylic oxidation sites excluding steroid dienone is 2. The van der Waals surface area contributed by atoms with Crippen LogP contribution >= 0.6 is 0 Å². The molecule has 0 aliphatic heterocycles. The van der Waals surface area contributed by atoms with E-state index in [-0.39, 0.29) is 24.1 Å². The van der Waals surface area contributed by atoms with Gasteiger partial charge in [-0.05, 0) is 18.2 Å². The van der Waals surface area contributed by atoms with E-state index in [9.17, 15) is 9.59 Å². The molecule has 19 heavy (non-hydrogen) atoms. The molecule has 0 amide bonds. The quantitative estimate of drug-likeness (QED) is 0.784. The molecule has 1 aromatic heterocycles. The third-order valence-electron chi connectivity index (χ3n) is 3.00. The van der Waals surface area contributed by atoms with E-state index in [1.54, 1.807) is 12.1 Å². The van der Waals surface area contributed by atoms with Crippen LogP contribution in [-0.2, 0) is 4.74 Å². The fourth-order valence-electron chi connectivity index (χ4n) is 2.24. The van der Waals surface area contributed by atoms with Crippen molar-refractivity contribution in [2.24, 2.45) is 0 Å². The normalized spacial score (nSPS) is 13.9. The number of benzene rings is 1. The summed E-state index contributed by atoms with van der Waals surface area (Å²) in [5, 5.41) is 0.705. The highest BCUT2D eigenvalue weighted by atomic mass is 16.8. The Hall–Kier alpha value is -2.40. The highest BCUT2D eigenvalue weighted by Crippen LogP contribution is 2.29. The second-order valence-corrected chi connectivity index (χ2v) is 4.13. The lowest BCUT2D eigenvalue weighted by Gasteiger charge is -2.11. The van der Waals surface area contributed by atoms with Crippen LogP contribution in [0.2, 0.25) is 0 Å². The second kappa shape index (κ2) is 4.37. The monoisotopic (exact) mass is 257 g/mol. The fraction of sp³-hybridized carbons (Fsp3) is 0.143. The van der Waals surface area contributed by atoms with Gasteiger partial charge in [0.15, 0.2) is 5.78 Å². The number of hydrogen-bond donors (Lipinski definition) is 0. The zero-order valence-corrected chi connectivity index (χ0v) is 10.3. The molecule has 0 unspecified atom stereocenters. The summed E-state index contributed by atoms with van der Waals surface area (Å²) in [4.78, 5) is 29.4. The maximum atomic E-state index is 12.0. The summed E-state index contributed by atoms with van der Waals surface area (Å²) < 4.78 is 6.23. The Morgan fingerprint density at radius 1 is 1.11 bits per heavy atom. The first-order chi connectivity index (χ1) is 9.24. The smallest absolute Gasteiger partial charge is 0.214 e. The van der Waals surface area contributed by atoms with Crippen LogP contribution in [0, 0.1) is 0 Å². The zero-order valence-electron chi connectivity index (χ0n) is 10.3. The van der Waals surface area contributed by atoms with E-state index in [1.165, 1.54) is 24.0 Å². The number of ether oxygens (including phenoxy) is 1. The van der Waals surface area contributed by atoms with E-state index >= 15 is 0 Å². The van der Waals surface area contributed by atoms with Gasteiger partial charge in [0.05, 0.1) is 11.1 Å². The first kappa shape index (κ1) is 11.7. The summed E-state index contributed by atoms with van der Waals surface area (Å²) in [5.74, 6) is -0.438. The van der Waals surface area contributed by atoms with Gasteiger partial charge in [-0.1, -0.05) is 18.2 Å². The Morgan fingerprint density at radius 3 is 2.63 bits per heavy atom. The van der Waals surface area contributed by atoms with Crippen molar-refractivity contribution in [2.45, 2.75) is 0 Å². The average molecular weight is 257 g/mol. The van der Waals surface area contributed by atoms with E-state index in [0.717, 1.165) is 0 Å². The number of nitrogens with zero attached hydrogens (tertiary/aromatic N) is 1. The lowest BCUT2D eigenvalue weighted by atomic mass is 9.99. The van der Waals surface area contributed by atoms with Crippen molar-refractivity contribution in [3.8, 4) is 0 Å². The van der Waals surface area contributed by atoms with Crippen LogP contribution in [0.4, 0.5) is 0 Å². The third kappa shape index (κ3) is 1.67. The molecule has 0 fully saturated rings. The van der Waals surface area contributed by atoms with Gasteiger partial charge in [-0.2, -0.15) is 4.73 Å². The number of carbonyl (C=O) groups is 2. The van der Waals surface area contributed by atoms with Crippen LogP contribution in [0.5, 0.6) is 0 Å². The summed E-state index contributed by atoms with van der Waals surface area (Å²) in [6, 6.07) is 7.23. The molecule has 5 nitrogen and oxygen atoms in total. The summed E-state index contributed by atoms with van der Waals surface area (Å²) >= 11 is 0. The minimum atomic E-state index is -0.248. The zero-order chi connectivity index (χ0) is 13.4. The standard InChI is InChI=1S/C14H11NO4/c1-18-8-19-15-10-5-3-2-4-9(10)13-11(16)6-7-12(17)14(13)15/h2-7H,8H2,1H3. The first-order valence-corrected chi connectivity index (χ1v) is 5.76. The van der Waals surface area contributed by atoms with Crippen molar-refractivity contribution in [1.29, 1.82) is 0 Å². The molecule has 1 aliphatic carbocycles. The third-order valence-corrected chi connectivity index (χ3v) is 3.00. The largest absolute Gasteiger partial charge is 0.384 e. The minimum absolute atomic E-state index is 0.00367. The molecule has 0 saturated heterocycles. The van der Waals surface area contributed by atoms with Crippen LogP contribution in [-0.4, -0.2) is 30.2 Å². The molecule has 0 atom stereocenters. The Morgan fingerprint density at radius 2 is 1.84 bits per heavy atom. The molecule has 0 radical (unpaired) electrons. The van der Waals surface area contributed by atoms with E-state index in [0.29, 0.717) is 16.5 Å². The lowest BCUT2D eigenvalue weighted by molar-refractivity contribution is -0.0348. The van der Waals surface area contributed by atoms with E-state index < -0.39 is 0 Å². The molecular weight excluding hydrogens is 246 g/mol. The molecule has 3 rings (SSSR count). The highest BCUT2D eigenvalue weighted by molar-refractivity contribution is 6.26. The molecule has 1 heterocycles. The van der Waals surface area contributed by atoms with Crippen LogP contribution in [0.15, 0.2) is 36.4 Å². The maximum Gasteiger partial charge on any atom is 0.214 e. The van der Waals surface area contributed by atoms with Gasteiger partial charge >= 0.3 is 0 Å². The van der Waals surface area contributed by atoms with Crippen LogP contribution in [0.3, 0.4) is 0 Å². The number of hydrogen-bond acceptors (Lipinski definition) is 4. The van der Waals surface area contributed by atoms with E-state index in [4.69, 9.17) is 9.57 Å². The van der Waals surface area contributed by atoms with Crippen LogP contribution in [0.1, 0.15) is 20.8 Å².